The van der Waals surface area contributed by atoms with Crippen molar-refractivity contribution >= 4 is 17.3 Å². The van der Waals surface area contributed by atoms with E-state index in [1.54, 1.807) is 18.3 Å². The molecule has 0 aliphatic rings. The molecule has 5 heteroatoms. The van der Waals surface area contributed by atoms with Crippen LogP contribution in [0.2, 0.25) is 0 Å². The fourth-order valence-corrected chi connectivity index (χ4v) is 2.47. The summed E-state index contributed by atoms with van der Waals surface area (Å²) in [4.78, 5) is 38.8. The largest absolute Gasteiger partial charge is 0.512 e. The summed E-state index contributed by atoms with van der Waals surface area (Å²) in [5, 5.41) is 9.76. The summed E-state index contributed by atoms with van der Waals surface area (Å²) < 4.78 is 0. The van der Waals surface area contributed by atoms with Crippen molar-refractivity contribution in [2.24, 2.45) is 0 Å². The molecule has 5 nitrogen and oxygen atoms in total. The molecule has 0 bridgehead atoms. The summed E-state index contributed by atoms with van der Waals surface area (Å²) >= 11 is 0. The number of aliphatic hydroxyl groups excluding tert-OH is 1. The maximum atomic E-state index is 12.1. The summed E-state index contributed by atoms with van der Waals surface area (Å²) in [6, 6.07) is 3.18. The molecule has 0 aromatic carbocycles. The van der Waals surface area contributed by atoms with Gasteiger partial charge in [0.25, 0.3) is 0 Å². The number of carbonyl (C=O) groups is 3. The third-order valence-corrected chi connectivity index (χ3v) is 3.15. The van der Waals surface area contributed by atoms with Gasteiger partial charge in [0, 0.05) is 11.9 Å². The summed E-state index contributed by atoms with van der Waals surface area (Å²) in [6.45, 7) is 4.97. The first-order valence-electron chi connectivity index (χ1n) is 5.83. The van der Waals surface area contributed by atoms with Gasteiger partial charge in [0.05, 0.1) is 11.3 Å². The summed E-state index contributed by atoms with van der Waals surface area (Å²) in [5.41, 5.74) is -1.67. The van der Waals surface area contributed by atoms with Crippen LogP contribution < -0.4 is 0 Å². The van der Waals surface area contributed by atoms with Gasteiger partial charge in [-0.25, -0.2) is 0 Å². The Morgan fingerprint density at radius 3 is 1.89 bits per heavy atom. The number of aromatic amines is 1. The lowest BCUT2D eigenvalue weighted by Gasteiger charge is -2.29. The monoisotopic (exact) mass is 263 g/mol. The topological polar surface area (TPSA) is 87.2 Å². The molecule has 102 valence electrons. The van der Waals surface area contributed by atoms with Crippen molar-refractivity contribution in [1.29, 1.82) is 0 Å². The summed E-state index contributed by atoms with van der Waals surface area (Å²) in [7, 11) is 0. The van der Waals surface area contributed by atoms with Crippen molar-refractivity contribution in [2.45, 2.75) is 33.1 Å². The number of allylic oxidation sites excluding steroid dienone is 2. The molecule has 1 aromatic heterocycles. The molecule has 0 aliphatic carbocycles. The molecule has 0 saturated heterocycles. The second-order valence-corrected chi connectivity index (χ2v) is 4.46. The predicted octanol–water partition coefficient (Wildman–Crippen LogP) is 1.85. The highest BCUT2D eigenvalue weighted by molar-refractivity contribution is 6.20. The fourth-order valence-electron chi connectivity index (χ4n) is 2.47. The number of nitrogens with one attached hydrogen (secondary N) is 1. The van der Waals surface area contributed by atoms with E-state index in [1.165, 1.54) is 27.7 Å². The molecule has 19 heavy (non-hydrogen) atoms. The van der Waals surface area contributed by atoms with E-state index in [0.717, 1.165) is 0 Å². The molecule has 2 N–H and O–H groups in total. The van der Waals surface area contributed by atoms with E-state index in [2.05, 4.69) is 4.98 Å². The Balaban J connectivity index is 3.79. The normalized spacial score (nSPS) is 12.8. The first-order chi connectivity index (χ1) is 8.76. The lowest BCUT2D eigenvalue weighted by atomic mass is 9.69. The molecule has 1 aromatic rings. The Hall–Kier alpha value is -2.17. The second-order valence-electron chi connectivity index (χ2n) is 4.46. The van der Waals surface area contributed by atoms with Gasteiger partial charge in [-0.2, -0.15) is 0 Å². The molecule has 0 radical (unpaired) electrons. The van der Waals surface area contributed by atoms with Crippen molar-refractivity contribution in [2.75, 3.05) is 0 Å². The number of rotatable bonds is 5. The number of hydrogen-bond donors (Lipinski definition) is 2. The minimum Gasteiger partial charge on any atom is -0.512 e. The number of carbonyl (C=O) groups excluding carboxylic acids is 3. The van der Waals surface area contributed by atoms with Crippen LogP contribution in [0.3, 0.4) is 0 Å². The lowest BCUT2D eigenvalue weighted by molar-refractivity contribution is -0.133. The first-order valence-corrected chi connectivity index (χ1v) is 5.83. The third-order valence-electron chi connectivity index (χ3n) is 3.15. The smallest absolute Gasteiger partial charge is 0.161 e. The number of aliphatic hydroxyl groups is 1. The molecule has 0 saturated carbocycles. The van der Waals surface area contributed by atoms with Crippen molar-refractivity contribution in [3.8, 4) is 0 Å². The second kappa shape index (κ2) is 5.22. The Morgan fingerprint density at radius 2 is 1.63 bits per heavy atom. The quantitative estimate of drug-likeness (QED) is 0.482. The molecule has 1 heterocycles. The molecule has 0 atom stereocenters. The van der Waals surface area contributed by atoms with Gasteiger partial charge in [0.2, 0.25) is 0 Å². The van der Waals surface area contributed by atoms with Gasteiger partial charge in [-0.05, 0) is 39.8 Å². The number of Topliss-reactive ketones (excluding diaryl/α,β-unsaturated/α-hetero) is 3. The van der Waals surface area contributed by atoms with Crippen molar-refractivity contribution in [3.05, 3.63) is 35.4 Å². The van der Waals surface area contributed by atoms with Gasteiger partial charge < -0.3 is 10.1 Å². The van der Waals surface area contributed by atoms with E-state index in [-0.39, 0.29) is 17.0 Å². The average Bonchev–Trinajstić information content (AvgIpc) is 2.76. The van der Waals surface area contributed by atoms with Gasteiger partial charge in [0.1, 0.15) is 0 Å². The van der Waals surface area contributed by atoms with Crippen LogP contribution in [-0.2, 0) is 19.8 Å². The van der Waals surface area contributed by atoms with E-state index in [4.69, 9.17) is 0 Å². The van der Waals surface area contributed by atoms with Gasteiger partial charge in [0.15, 0.2) is 22.8 Å². The van der Waals surface area contributed by atoms with Gasteiger partial charge in [-0.3, -0.25) is 14.4 Å². The number of ketones is 3. The molecule has 1 rings (SSSR count). The maximum Gasteiger partial charge on any atom is 0.161 e. The van der Waals surface area contributed by atoms with E-state index >= 15 is 0 Å². The standard InChI is InChI=1S/C14H17NO4/c1-8(16)13(9(2)17)14(10(3)18,11(4)19)12-6-5-7-15-12/h5-7,15-16H,1-4H3/b13-8+. The van der Waals surface area contributed by atoms with E-state index in [9.17, 15) is 19.5 Å². The molecule has 0 unspecified atom stereocenters. The van der Waals surface area contributed by atoms with Crippen LogP contribution in [0.25, 0.3) is 0 Å². The van der Waals surface area contributed by atoms with E-state index in [0.29, 0.717) is 0 Å². The Labute approximate surface area is 111 Å². The van der Waals surface area contributed by atoms with E-state index < -0.39 is 22.8 Å². The maximum absolute atomic E-state index is 12.1. The highest BCUT2D eigenvalue weighted by Gasteiger charge is 2.49. The molecule has 0 fully saturated rings. The minimum atomic E-state index is -1.77. The molecular formula is C14H17NO4. The fraction of sp³-hybridized carbons (Fsp3) is 0.357. The molecular weight excluding hydrogens is 246 g/mol. The van der Waals surface area contributed by atoms with Crippen molar-refractivity contribution in [3.63, 3.8) is 0 Å². The Morgan fingerprint density at radius 1 is 1.11 bits per heavy atom. The zero-order chi connectivity index (χ0) is 14.8. The first kappa shape index (κ1) is 14.9. The number of aromatic nitrogens is 1. The van der Waals surface area contributed by atoms with Crippen LogP contribution in [0.4, 0.5) is 0 Å². The van der Waals surface area contributed by atoms with Gasteiger partial charge in [-0.1, -0.05) is 0 Å². The van der Waals surface area contributed by atoms with Crippen LogP contribution in [0.1, 0.15) is 33.4 Å². The van der Waals surface area contributed by atoms with Crippen molar-refractivity contribution < 1.29 is 19.5 Å². The Bertz CT molecular complexity index is 534. The summed E-state index contributed by atoms with van der Waals surface area (Å²) in [5.74, 6) is -1.87. The predicted molar refractivity (Wildman–Crippen MR) is 69.8 cm³/mol. The highest BCUT2D eigenvalue weighted by Crippen LogP contribution is 2.35. The van der Waals surface area contributed by atoms with Crippen LogP contribution in [0.15, 0.2) is 29.7 Å². The lowest BCUT2D eigenvalue weighted by Crippen LogP contribution is -2.46. The van der Waals surface area contributed by atoms with E-state index in [1.807, 2.05) is 0 Å². The number of hydrogen-bond acceptors (Lipinski definition) is 4. The SMILES string of the molecule is CC(=O)/C(=C(/C)O)C(C(C)=O)(C(C)=O)c1ccc[nH]1. The molecule has 0 amide bonds. The minimum absolute atomic E-state index is 0.185. The van der Waals surface area contributed by atoms with Crippen LogP contribution in [0, 0.1) is 0 Å². The highest BCUT2D eigenvalue weighted by atomic mass is 16.3. The number of H-pyrrole nitrogens is 1. The van der Waals surface area contributed by atoms with Gasteiger partial charge in [-0.15, -0.1) is 0 Å². The average molecular weight is 263 g/mol. The van der Waals surface area contributed by atoms with Crippen molar-refractivity contribution in [1.82, 2.24) is 4.98 Å². The molecule has 0 aliphatic heterocycles. The molecule has 0 spiro atoms. The summed E-state index contributed by atoms with van der Waals surface area (Å²) in [6.07, 6.45) is 1.56. The van der Waals surface area contributed by atoms with Crippen LogP contribution >= 0.6 is 0 Å². The Kier molecular flexibility index (Phi) is 4.09. The third kappa shape index (κ3) is 2.23. The van der Waals surface area contributed by atoms with Crippen LogP contribution in [0.5, 0.6) is 0 Å². The van der Waals surface area contributed by atoms with Gasteiger partial charge >= 0.3 is 0 Å². The zero-order valence-corrected chi connectivity index (χ0v) is 11.4. The van der Waals surface area contributed by atoms with Crippen LogP contribution in [-0.4, -0.2) is 27.4 Å². The zero-order valence-electron chi connectivity index (χ0n) is 11.4.